The van der Waals surface area contributed by atoms with E-state index < -0.39 is 10.0 Å². The van der Waals surface area contributed by atoms with Gasteiger partial charge in [-0.25, -0.2) is 4.98 Å². The number of methoxy groups -OCH3 is 1. The van der Waals surface area contributed by atoms with Crippen LogP contribution in [0.15, 0.2) is 34.0 Å². The molecule has 1 aromatic heterocycles. The van der Waals surface area contributed by atoms with E-state index in [0.29, 0.717) is 11.4 Å². The van der Waals surface area contributed by atoms with Gasteiger partial charge in [-0.3, -0.25) is 4.72 Å². The number of hydrogen-bond acceptors (Lipinski definition) is 5. The van der Waals surface area contributed by atoms with Gasteiger partial charge >= 0.3 is 0 Å². The van der Waals surface area contributed by atoms with Crippen LogP contribution in [0.3, 0.4) is 0 Å². The van der Waals surface area contributed by atoms with E-state index >= 15 is 0 Å². The van der Waals surface area contributed by atoms with E-state index in [1.807, 2.05) is 0 Å². The summed E-state index contributed by atoms with van der Waals surface area (Å²) in [6.07, 6.45) is 1.34. The number of nitrogens with zero attached hydrogens (tertiary/aromatic N) is 2. The van der Waals surface area contributed by atoms with Crippen molar-refractivity contribution in [3.05, 3.63) is 29.0 Å². The lowest BCUT2D eigenvalue weighted by Crippen LogP contribution is -2.17. The van der Waals surface area contributed by atoms with Gasteiger partial charge in [0.1, 0.15) is 5.75 Å². The quantitative estimate of drug-likeness (QED) is 0.861. The van der Waals surface area contributed by atoms with Crippen LogP contribution in [0.25, 0.3) is 0 Å². The number of benzene rings is 1. The standard InChI is InChI=1S/C11H13BrN4O3S/c1-16-6-14-10(13)11(16)20(17,18)15-7-3-4-8(12)9(5-7)19-2/h3-6,15H,13H2,1-2H3. The largest absolute Gasteiger partial charge is 0.495 e. The molecule has 20 heavy (non-hydrogen) atoms. The molecule has 3 N–H and O–H groups in total. The van der Waals surface area contributed by atoms with Crippen molar-refractivity contribution in [1.82, 2.24) is 9.55 Å². The first-order chi connectivity index (χ1) is 9.35. The molecule has 108 valence electrons. The minimum Gasteiger partial charge on any atom is -0.495 e. The summed E-state index contributed by atoms with van der Waals surface area (Å²) < 4.78 is 34.2. The van der Waals surface area contributed by atoms with Crippen molar-refractivity contribution in [2.75, 3.05) is 17.6 Å². The van der Waals surface area contributed by atoms with Crippen LogP contribution < -0.4 is 15.2 Å². The summed E-state index contributed by atoms with van der Waals surface area (Å²) in [6.45, 7) is 0. The van der Waals surface area contributed by atoms with Gasteiger partial charge in [-0.1, -0.05) is 0 Å². The highest BCUT2D eigenvalue weighted by Crippen LogP contribution is 2.29. The SMILES string of the molecule is COc1cc(NS(=O)(=O)c2c(N)ncn2C)ccc1Br. The number of hydrogen-bond donors (Lipinski definition) is 2. The van der Waals surface area contributed by atoms with Crippen LogP contribution in [0.5, 0.6) is 5.75 Å². The second kappa shape index (κ2) is 5.33. The Morgan fingerprint density at radius 1 is 1.45 bits per heavy atom. The van der Waals surface area contributed by atoms with E-state index in [9.17, 15) is 8.42 Å². The lowest BCUT2D eigenvalue weighted by atomic mass is 10.3. The van der Waals surface area contributed by atoms with Crippen molar-refractivity contribution in [1.29, 1.82) is 0 Å². The highest BCUT2D eigenvalue weighted by molar-refractivity contribution is 9.10. The Labute approximate surface area is 124 Å². The molecule has 1 heterocycles. The summed E-state index contributed by atoms with van der Waals surface area (Å²) in [4.78, 5) is 3.76. The van der Waals surface area contributed by atoms with Gasteiger partial charge in [-0.2, -0.15) is 8.42 Å². The number of nitrogens with two attached hydrogens (primary N) is 1. The van der Waals surface area contributed by atoms with Crippen LogP contribution in [-0.2, 0) is 17.1 Å². The Hall–Kier alpha value is -1.74. The van der Waals surface area contributed by atoms with Crippen LogP contribution in [0.4, 0.5) is 11.5 Å². The third-order valence-corrected chi connectivity index (χ3v) is 4.73. The van der Waals surface area contributed by atoms with Gasteiger partial charge in [0, 0.05) is 13.1 Å². The van der Waals surface area contributed by atoms with Crippen LogP contribution in [0, 0.1) is 0 Å². The van der Waals surface area contributed by atoms with Crippen LogP contribution in [0.1, 0.15) is 0 Å². The number of aryl methyl sites for hydroxylation is 1. The van der Waals surface area contributed by atoms with Gasteiger partial charge < -0.3 is 15.0 Å². The topological polar surface area (TPSA) is 99.2 Å². The van der Waals surface area contributed by atoms with E-state index in [0.717, 1.165) is 4.47 Å². The molecule has 0 saturated carbocycles. The fraction of sp³-hybridized carbons (Fsp3) is 0.182. The molecule has 0 aliphatic heterocycles. The maximum absolute atomic E-state index is 12.3. The van der Waals surface area contributed by atoms with Crippen molar-refractivity contribution in [2.24, 2.45) is 7.05 Å². The summed E-state index contributed by atoms with van der Waals surface area (Å²) in [6, 6.07) is 4.86. The van der Waals surface area contributed by atoms with E-state index in [2.05, 4.69) is 25.6 Å². The molecular weight excluding hydrogens is 348 g/mol. The average Bonchev–Trinajstić information content (AvgIpc) is 2.71. The summed E-state index contributed by atoms with van der Waals surface area (Å²) in [7, 11) is -0.761. The Morgan fingerprint density at radius 3 is 2.70 bits per heavy atom. The average molecular weight is 361 g/mol. The molecule has 9 heteroatoms. The van der Waals surface area contributed by atoms with Gasteiger partial charge in [0.15, 0.2) is 10.8 Å². The molecule has 0 bridgehead atoms. The number of aromatic nitrogens is 2. The van der Waals surface area contributed by atoms with Gasteiger partial charge in [0.05, 0.1) is 23.6 Å². The zero-order chi connectivity index (χ0) is 14.9. The van der Waals surface area contributed by atoms with Gasteiger partial charge in [0.25, 0.3) is 10.0 Å². The van der Waals surface area contributed by atoms with E-state index in [4.69, 9.17) is 10.5 Å². The monoisotopic (exact) mass is 360 g/mol. The van der Waals surface area contributed by atoms with Crippen molar-refractivity contribution in [2.45, 2.75) is 5.03 Å². The fourth-order valence-corrected chi connectivity index (χ4v) is 3.39. The molecule has 1 aromatic carbocycles. The van der Waals surface area contributed by atoms with E-state index in [1.165, 1.54) is 18.0 Å². The minimum atomic E-state index is -3.81. The van der Waals surface area contributed by atoms with Crippen molar-refractivity contribution in [3.8, 4) is 5.75 Å². The number of imidazole rings is 1. The highest BCUT2D eigenvalue weighted by Gasteiger charge is 2.22. The number of sulfonamides is 1. The first kappa shape index (κ1) is 14.7. The third-order valence-electron chi connectivity index (χ3n) is 2.57. The number of rotatable bonds is 4. The van der Waals surface area contributed by atoms with Crippen LogP contribution >= 0.6 is 15.9 Å². The molecule has 0 radical (unpaired) electrons. The lowest BCUT2D eigenvalue weighted by molar-refractivity contribution is 0.412. The number of ether oxygens (including phenoxy) is 1. The number of halogens is 1. The Kier molecular flexibility index (Phi) is 3.91. The fourth-order valence-electron chi connectivity index (χ4n) is 1.69. The molecule has 0 spiro atoms. The smallest absolute Gasteiger partial charge is 0.281 e. The molecule has 0 aliphatic carbocycles. The molecule has 2 aromatic rings. The summed E-state index contributed by atoms with van der Waals surface area (Å²) >= 11 is 3.30. The number of nitrogen functional groups attached to an aromatic ring is 1. The summed E-state index contributed by atoms with van der Waals surface area (Å²) in [5.74, 6) is 0.465. The van der Waals surface area contributed by atoms with E-state index in [-0.39, 0.29) is 10.8 Å². The molecule has 0 atom stereocenters. The van der Waals surface area contributed by atoms with Crippen LogP contribution in [0.2, 0.25) is 0 Å². The van der Waals surface area contributed by atoms with Crippen molar-refractivity contribution in [3.63, 3.8) is 0 Å². The Morgan fingerprint density at radius 2 is 2.15 bits per heavy atom. The summed E-state index contributed by atoms with van der Waals surface area (Å²) in [5.41, 5.74) is 5.94. The molecular formula is C11H13BrN4O3S. The molecule has 0 amide bonds. The predicted molar refractivity (Wildman–Crippen MR) is 79.1 cm³/mol. The molecule has 0 fully saturated rings. The second-order valence-electron chi connectivity index (χ2n) is 4.00. The summed E-state index contributed by atoms with van der Waals surface area (Å²) in [5, 5.41) is -0.0839. The zero-order valence-electron chi connectivity index (χ0n) is 10.8. The molecule has 2 rings (SSSR count). The zero-order valence-corrected chi connectivity index (χ0v) is 13.2. The first-order valence-electron chi connectivity index (χ1n) is 5.48. The third kappa shape index (κ3) is 2.73. The molecule has 7 nitrogen and oxygen atoms in total. The maximum atomic E-state index is 12.3. The Balaban J connectivity index is 2.39. The molecule has 0 aliphatic rings. The number of nitrogens with one attached hydrogen (secondary N) is 1. The lowest BCUT2D eigenvalue weighted by Gasteiger charge is -2.11. The first-order valence-corrected chi connectivity index (χ1v) is 7.76. The minimum absolute atomic E-state index is 0.0518. The Bertz CT molecular complexity index is 723. The van der Waals surface area contributed by atoms with Crippen molar-refractivity contribution < 1.29 is 13.2 Å². The normalized spacial score (nSPS) is 11.3. The highest BCUT2D eigenvalue weighted by atomic mass is 79.9. The van der Waals surface area contributed by atoms with Gasteiger partial charge in [-0.05, 0) is 28.1 Å². The molecule has 0 saturated heterocycles. The van der Waals surface area contributed by atoms with Gasteiger partial charge in [0.2, 0.25) is 0 Å². The second-order valence-corrected chi connectivity index (χ2v) is 6.45. The maximum Gasteiger partial charge on any atom is 0.281 e. The van der Waals surface area contributed by atoms with Crippen molar-refractivity contribution >= 4 is 37.5 Å². The van der Waals surface area contributed by atoms with Crippen LogP contribution in [-0.4, -0.2) is 25.1 Å². The molecule has 0 unspecified atom stereocenters. The van der Waals surface area contributed by atoms with E-state index in [1.54, 1.807) is 25.2 Å². The number of anilines is 2. The predicted octanol–water partition coefficient (Wildman–Crippen LogP) is 1.57. The van der Waals surface area contributed by atoms with Gasteiger partial charge in [-0.15, -0.1) is 0 Å².